The van der Waals surface area contributed by atoms with E-state index in [-0.39, 0.29) is 23.4 Å². The minimum atomic E-state index is -3.43. The molecule has 0 aliphatic heterocycles. The van der Waals surface area contributed by atoms with Gasteiger partial charge in [0.25, 0.3) is 5.91 Å². The van der Waals surface area contributed by atoms with Gasteiger partial charge in [0.1, 0.15) is 5.75 Å². The first kappa shape index (κ1) is 20.5. The SMILES string of the molecule is Cc1ccc(OCC(=O)Nc2nnc(-c3cccc(S(=O)(=O)C(C)C)c3)o2)cc1. The summed E-state index contributed by atoms with van der Waals surface area (Å²) in [6, 6.07) is 13.4. The van der Waals surface area contributed by atoms with Crippen molar-refractivity contribution in [1.82, 2.24) is 10.2 Å². The summed E-state index contributed by atoms with van der Waals surface area (Å²) in [6.45, 7) is 4.96. The van der Waals surface area contributed by atoms with Crippen LogP contribution in [-0.2, 0) is 14.6 Å². The molecule has 0 fully saturated rings. The monoisotopic (exact) mass is 415 g/mol. The summed E-state index contributed by atoms with van der Waals surface area (Å²) in [5.74, 6) is 0.206. The van der Waals surface area contributed by atoms with E-state index in [4.69, 9.17) is 9.15 Å². The topological polar surface area (TPSA) is 111 Å². The number of hydrogen-bond donors (Lipinski definition) is 1. The van der Waals surface area contributed by atoms with Gasteiger partial charge in [-0.15, -0.1) is 5.10 Å². The minimum Gasteiger partial charge on any atom is -0.484 e. The van der Waals surface area contributed by atoms with E-state index in [1.54, 1.807) is 38.1 Å². The number of nitrogens with one attached hydrogen (secondary N) is 1. The quantitative estimate of drug-likeness (QED) is 0.630. The van der Waals surface area contributed by atoms with Gasteiger partial charge in [0.15, 0.2) is 16.4 Å². The number of amides is 1. The van der Waals surface area contributed by atoms with Crippen LogP contribution in [0.5, 0.6) is 5.75 Å². The van der Waals surface area contributed by atoms with E-state index in [0.29, 0.717) is 11.3 Å². The van der Waals surface area contributed by atoms with Gasteiger partial charge in [0.05, 0.1) is 10.1 Å². The lowest BCUT2D eigenvalue weighted by Crippen LogP contribution is -2.20. The van der Waals surface area contributed by atoms with E-state index in [1.807, 2.05) is 19.1 Å². The van der Waals surface area contributed by atoms with Gasteiger partial charge in [-0.25, -0.2) is 8.42 Å². The van der Waals surface area contributed by atoms with Crippen LogP contribution in [0.15, 0.2) is 57.8 Å². The van der Waals surface area contributed by atoms with Gasteiger partial charge in [0, 0.05) is 5.56 Å². The smallest absolute Gasteiger partial charge is 0.322 e. The van der Waals surface area contributed by atoms with Crippen molar-refractivity contribution in [2.24, 2.45) is 0 Å². The lowest BCUT2D eigenvalue weighted by Gasteiger charge is -2.08. The molecule has 0 bridgehead atoms. The molecule has 1 amide bonds. The standard InChI is InChI=1S/C20H21N3O5S/c1-13(2)29(25,26)17-6-4-5-15(11-17)19-22-23-20(28-19)21-18(24)12-27-16-9-7-14(3)8-10-16/h4-11,13H,12H2,1-3H3,(H,21,23,24). The van der Waals surface area contributed by atoms with Crippen molar-refractivity contribution in [2.75, 3.05) is 11.9 Å². The highest BCUT2D eigenvalue weighted by molar-refractivity contribution is 7.92. The van der Waals surface area contributed by atoms with Crippen LogP contribution < -0.4 is 10.1 Å². The van der Waals surface area contributed by atoms with Crippen LogP contribution in [0.2, 0.25) is 0 Å². The number of nitrogens with zero attached hydrogens (tertiary/aromatic N) is 2. The number of sulfone groups is 1. The molecule has 1 aromatic heterocycles. The summed E-state index contributed by atoms with van der Waals surface area (Å²) in [4.78, 5) is 12.2. The predicted molar refractivity (Wildman–Crippen MR) is 107 cm³/mol. The Morgan fingerprint density at radius 3 is 2.55 bits per heavy atom. The Bertz CT molecular complexity index is 1110. The molecular weight excluding hydrogens is 394 g/mol. The zero-order chi connectivity index (χ0) is 21.0. The number of carbonyl (C=O) groups is 1. The van der Waals surface area contributed by atoms with Crippen molar-refractivity contribution >= 4 is 21.8 Å². The molecule has 29 heavy (non-hydrogen) atoms. The number of aryl methyl sites for hydroxylation is 1. The van der Waals surface area contributed by atoms with Gasteiger partial charge < -0.3 is 9.15 Å². The molecule has 1 N–H and O–H groups in total. The second-order valence-electron chi connectivity index (χ2n) is 6.68. The summed E-state index contributed by atoms with van der Waals surface area (Å²) < 4.78 is 35.5. The molecule has 8 nitrogen and oxygen atoms in total. The molecule has 0 atom stereocenters. The first-order chi connectivity index (χ1) is 13.8. The van der Waals surface area contributed by atoms with Gasteiger partial charge in [-0.3, -0.25) is 10.1 Å². The third-order valence-electron chi connectivity index (χ3n) is 4.09. The van der Waals surface area contributed by atoms with Crippen molar-refractivity contribution in [3.05, 3.63) is 54.1 Å². The Morgan fingerprint density at radius 1 is 1.14 bits per heavy atom. The molecule has 0 saturated carbocycles. The molecule has 1 heterocycles. The van der Waals surface area contributed by atoms with Crippen molar-refractivity contribution < 1.29 is 22.4 Å². The van der Waals surface area contributed by atoms with E-state index < -0.39 is 21.0 Å². The lowest BCUT2D eigenvalue weighted by atomic mass is 10.2. The zero-order valence-corrected chi connectivity index (χ0v) is 17.1. The Balaban J connectivity index is 1.66. The van der Waals surface area contributed by atoms with Gasteiger partial charge >= 0.3 is 6.01 Å². The molecule has 0 radical (unpaired) electrons. The van der Waals surface area contributed by atoms with E-state index in [2.05, 4.69) is 15.5 Å². The summed E-state index contributed by atoms with van der Waals surface area (Å²) in [7, 11) is -3.43. The average molecular weight is 415 g/mol. The van der Waals surface area contributed by atoms with E-state index >= 15 is 0 Å². The van der Waals surface area contributed by atoms with Crippen LogP contribution in [0.4, 0.5) is 6.01 Å². The van der Waals surface area contributed by atoms with E-state index in [0.717, 1.165) is 5.56 Å². The highest BCUT2D eigenvalue weighted by atomic mass is 32.2. The van der Waals surface area contributed by atoms with Crippen LogP contribution in [-0.4, -0.2) is 36.4 Å². The second kappa shape index (κ2) is 8.44. The van der Waals surface area contributed by atoms with Crippen LogP contribution in [0.1, 0.15) is 19.4 Å². The number of aromatic nitrogens is 2. The molecule has 9 heteroatoms. The highest BCUT2D eigenvalue weighted by Gasteiger charge is 2.20. The number of carbonyl (C=O) groups excluding carboxylic acids is 1. The van der Waals surface area contributed by atoms with Crippen LogP contribution in [0.25, 0.3) is 11.5 Å². The first-order valence-corrected chi connectivity index (χ1v) is 10.5. The van der Waals surface area contributed by atoms with E-state index in [9.17, 15) is 13.2 Å². The Hall–Kier alpha value is -3.20. The fourth-order valence-electron chi connectivity index (χ4n) is 2.41. The molecule has 0 saturated heterocycles. The molecule has 3 aromatic rings. The normalized spacial score (nSPS) is 11.4. The molecule has 0 aliphatic rings. The number of hydrogen-bond acceptors (Lipinski definition) is 7. The number of ether oxygens (including phenoxy) is 1. The molecule has 0 unspecified atom stereocenters. The summed E-state index contributed by atoms with van der Waals surface area (Å²) in [6.07, 6.45) is 0. The maximum absolute atomic E-state index is 12.3. The van der Waals surface area contributed by atoms with Crippen LogP contribution in [0.3, 0.4) is 0 Å². The van der Waals surface area contributed by atoms with Crippen LogP contribution >= 0.6 is 0 Å². The third kappa shape index (κ3) is 5.00. The number of benzene rings is 2. The Morgan fingerprint density at radius 2 is 1.86 bits per heavy atom. The number of anilines is 1. The summed E-state index contributed by atoms with van der Waals surface area (Å²) in [5.41, 5.74) is 1.53. The Kier molecular flexibility index (Phi) is 5.97. The summed E-state index contributed by atoms with van der Waals surface area (Å²) in [5, 5.41) is 9.54. The minimum absolute atomic E-state index is 0.0977. The molecular formula is C20H21N3O5S. The predicted octanol–water partition coefficient (Wildman–Crippen LogP) is 3.24. The first-order valence-electron chi connectivity index (χ1n) is 8.93. The van der Waals surface area contributed by atoms with Gasteiger partial charge in [-0.2, -0.15) is 0 Å². The van der Waals surface area contributed by atoms with Crippen molar-refractivity contribution in [3.63, 3.8) is 0 Å². The fraction of sp³-hybridized carbons (Fsp3) is 0.250. The Labute approximate surface area is 168 Å². The van der Waals surface area contributed by atoms with Gasteiger partial charge in [-0.05, 0) is 51.1 Å². The molecule has 0 aliphatic carbocycles. The van der Waals surface area contributed by atoms with Crippen LogP contribution in [0, 0.1) is 6.92 Å². The average Bonchev–Trinajstić information content (AvgIpc) is 3.16. The zero-order valence-electron chi connectivity index (χ0n) is 16.2. The summed E-state index contributed by atoms with van der Waals surface area (Å²) >= 11 is 0. The molecule has 3 rings (SSSR count). The molecule has 152 valence electrons. The molecule has 2 aromatic carbocycles. The maximum Gasteiger partial charge on any atom is 0.322 e. The highest BCUT2D eigenvalue weighted by Crippen LogP contribution is 2.24. The lowest BCUT2D eigenvalue weighted by molar-refractivity contribution is -0.118. The molecule has 0 spiro atoms. The number of rotatable bonds is 7. The largest absolute Gasteiger partial charge is 0.484 e. The maximum atomic E-state index is 12.3. The van der Waals surface area contributed by atoms with Crippen molar-refractivity contribution in [1.29, 1.82) is 0 Å². The third-order valence-corrected chi connectivity index (χ3v) is 6.24. The van der Waals surface area contributed by atoms with Gasteiger partial charge in [-0.1, -0.05) is 28.9 Å². The van der Waals surface area contributed by atoms with Crippen molar-refractivity contribution in [3.8, 4) is 17.2 Å². The van der Waals surface area contributed by atoms with E-state index in [1.165, 1.54) is 12.1 Å². The van der Waals surface area contributed by atoms with Gasteiger partial charge in [0.2, 0.25) is 5.89 Å². The second-order valence-corrected chi connectivity index (χ2v) is 9.19. The van der Waals surface area contributed by atoms with Crippen molar-refractivity contribution in [2.45, 2.75) is 30.9 Å². The fourth-order valence-corrected chi connectivity index (χ4v) is 3.51.